The van der Waals surface area contributed by atoms with Crippen molar-refractivity contribution in [1.29, 1.82) is 0 Å². The molecule has 0 aliphatic rings. The number of rotatable bonds is 7. The van der Waals surface area contributed by atoms with Crippen molar-refractivity contribution < 1.29 is 15.0 Å². The number of carboxylic acids is 1. The predicted molar refractivity (Wildman–Crippen MR) is 104 cm³/mol. The van der Waals surface area contributed by atoms with Crippen molar-refractivity contribution in [3.8, 4) is 11.4 Å². The topological polar surface area (TPSA) is 88.2 Å². The van der Waals surface area contributed by atoms with E-state index in [1.54, 1.807) is 0 Å². The van der Waals surface area contributed by atoms with Crippen molar-refractivity contribution in [2.45, 2.75) is 51.9 Å². The fourth-order valence-corrected chi connectivity index (χ4v) is 3.28. The average Bonchev–Trinajstić information content (AvgIpc) is 3.05. The Labute approximate surface area is 158 Å². The van der Waals surface area contributed by atoms with E-state index in [-0.39, 0.29) is 17.6 Å². The molecule has 2 N–H and O–H groups in total. The third-order valence-corrected chi connectivity index (χ3v) is 5.03. The lowest BCUT2D eigenvalue weighted by atomic mass is 9.79. The molecule has 2 aromatic carbocycles. The average molecular weight is 367 g/mol. The number of phenolic OH excluding ortho intramolecular Hbond substituents is 1. The lowest BCUT2D eigenvalue weighted by molar-refractivity contribution is -0.137. The first-order valence-electron chi connectivity index (χ1n) is 9.22. The number of aromatic nitrogens is 3. The Kier molecular flexibility index (Phi) is 5.17. The monoisotopic (exact) mass is 367 g/mol. The zero-order valence-corrected chi connectivity index (χ0v) is 15.9. The van der Waals surface area contributed by atoms with E-state index in [2.05, 4.69) is 24.0 Å². The molecule has 0 aliphatic carbocycles. The number of benzene rings is 2. The van der Waals surface area contributed by atoms with Crippen LogP contribution in [0.5, 0.6) is 5.75 Å². The van der Waals surface area contributed by atoms with Crippen molar-refractivity contribution in [2.75, 3.05) is 0 Å². The van der Waals surface area contributed by atoms with Crippen LogP contribution in [0.25, 0.3) is 16.7 Å². The van der Waals surface area contributed by atoms with Crippen molar-refractivity contribution in [3.63, 3.8) is 0 Å². The van der Waals surface area contributed by atoms with Crippen molar-refractivity contribution in [1.82, 2.24) is 15.0 Å². The molecule has 0 unspecified atom stereocenters. The number of aromatic hydroxyl groups is 1. The third-order valence-electron chi connectivity index (χ3n) is 5.03. The summed E-state index contributed by atoms with van der Waals surface area (Å²) in [7, 11) is 0. The summed E-state index contributed by atoms with van der Waals surface area (Å²) < 4.78 is 0. The minimum atomic E-state index is -0.779. The van der Waals surface area contributed by atoms with Gasteiger partial charge in [-0.3, -0.25) is 4.79 Å². The summed E-state index contributed by atoms with van der Waals surface area (Å²) in [6.07, 6.45) is 2.17. The highest BCUT2D eigenvalue weighted by Crippen LogP contribution is 2.36. The largest absolute Gasteiger partial charge is 0.505 e. The van der Waals surface area contributed by atoms with Crippen LogP contribution in [0.1, 0.15) is 51.2 Å². The zero-order chi connectivity index (χ0) is 19.6. The van der Waals surface area contributed by atoms with Gasteiger partial charge in [-0.2, -0.15) is 0 Å². The summed E-state index contributed by atoms with van der Waals surface area (Å²) in [5.41, 5.74) is 3.72. The number of carbonyl (C=O) groups is 1. The molecule has 0 radical (unpaired) electrons. The maximum Gasteiger partial charge on any atom is 0.303 e. The molecule has 1 heterocycles. The Bertz CT molecular complexity index is 943. The normalized spacial score (nSPS) is 11.8. The highest BCUT2D eigenvalue weighted by Gasteiger charge is 2.24. The first kappa shape index (κ1) is 18.9. The molecule has 6 nitrogen and oxygen atoms in total. The SMILES string of the molecule is CCc1cc(C(C)(C)CCCC(=O)O)cc(-n2nc3ccccc3n2)c1O. The van der Waals surface area contributed by atoms with E-state index in [9.17, 15) is 9.90 Å². The van der Waals surface area contributed by atoms with E-state index in [1.807, 2.05) is 43.3 Å². The van der Waals surface area contributed by atoms with Gasteiger partial charge in [0.15, 0.2) is 0 Å². The summed E-state index contributed by atoms with van der Waals surface area (Å²) >= 11 is 0. The van der Waals surface area contributed by atoms with Gasteiger partial charge >= 0.3 is 5.97 Å². The van der Waals surface area contributed by atoms with Crippen LogP contribution in [0, 0.1) is 0 Å². The molecule has 1 aromatic heterocycles. The Morgan fingerprint density at radius 3 is 2.33 bits per heavy atom. The first-order valence-corrected chi connectivity index (χ1v) is 9.22. The Morgan fingerprint density at radius 2 is 1.78 bits per heavy atom. The Hall–Kier alpha value is -2.89. The summed E-state index contributed by atoms with van der Waals surface area (Å²) in [6.45, 7) is 6.18. The minimum Gasteiger partial charge on any atom is -0.505 e. The second-order valence-electron chi connectivity index (χ2n) is 7.47. The van der Waals surface area contributed by atoms with Gasteiger partial charge in [-0.05, 0) is 54.0 Å². The Morgan fingerprint density at radius 1 is 1.15 bits per heavy atom. The number of nitrogens with zero attached hydrogens (tertiary/aromatic N) is 3. The van der Waals surface area contributed by atoms with Crippen LogP contribution in [0.2, 0.25) is 0 Å². The molecule has 0 amide bonds. The highest BCUT2D eigenvalue weighted by atomic mass is 16.4. The van der Waals surface area contributed by atoms with Gasteiger partial charge in [0.05, 0.1) is 0 Å². The standard InChI is InChI=1S/C21H25N3O3/c1-4-14-12-15(21(2,3)11-7-10-19(25)26)13-18(20(14)27)24-22-16-8-5-6-9-17(16)23-24/h5-6,8-9,12-13,27H,4,7,10-11H2,1-3H3,(H,25,26). The maximum atomic E-state index is 10.8. The van der Waals surface area contributed by atoms with E-state index < -0.39 is 5.97 Å². The maximum absolute atomic E-state index is 10.8. The fourth-order valence-electron chi connectivity index (χ4n) is 3.28. The highest BCUT2D eigenvalue weighted by molar-refractivity contribution is 5.73. The Balaban J connectivity index is 2.04. The van der Waals surface area contributed by atoms with Crippen LogP contribution in [-0.4, -0.2) is 31.2 Å². The van der Waals surface area contributed by atoms with E-state index in [0.717, 1.165) is 28.6 Å². The second-order valence-corrected chi connectivity index (χ2v) is 7.47. The van der Waals surface area contributed by atoms with Crippen LogP contribution in [0.15, 0.2) is 36.4 Å². The van der Waals surface area contributed by atoms with Gasteiger partial charge in [0.25, 0.3) is 0 Å². The van der Waals surface area contributed by atoms with Crippen LogP contribution in [0.3, 0.4) is 0 Å². The van der Waals surface area contributed by atoms with E-state index >= 15 is 0 Å². The fraction of sp³-hybridized carbons (Fsp3) is 0.381. The van der Waals surface area contributed by atoms with Crippen molar-refractivity contribution in [3.05, 3.63) is 47.5 Å². The lowest BCUT2D eigenvalue weighted by Crippen LogP contribution is -2.19. The number of hydrogen-bond donors (Lipinski definition) is 2. The zero-order valence-electron chi connectivity index (χ0n) is 15.9. The van der Waals surface area contributed by atoms with Gasteiger partial charge in [0.1, 0.15) is 22.5 Å². The molecule has 0 aliphatic heterocycles. The third kappa shape index (κ3) is 3.94. The molecule has 27 heavy (non-hydrogen) atoms. The number of aliphatic carboxylic acids is 1. The molecule has 6 heteroatoms. The number of fused-ring (bicyclic) bond motifs is 1. The second kappa shape index (κ2) is 7.39. The van der Waals surface area contributed by atoms with Crippen LogP contribution in [0.4, 0.5) is 0 Å². The number of carboxylic acid groups (broad SMARTS) is 1. The van der Waals surface area contributed by atoms with Gasteiger partial charge in [0, 0.05) is 6.42 Å². The van der Waals surface area contributed by atoms with E-state index in [0.29, 0.717) is 18.5 Å². The van der Waals surface area contributed by atoms with Gasteiger partial charge in [-0.25, -0.2) is 0 Å². The molecular formula is C21H25N3O3. The van der Waals surface area contributed by atoms with Crippen LogP contribution in [-0.2, 0) is 16.6 Å². The summed E-state index contributed by atoms with van der Waals surface area (Å²) in [4.78, 5) is 12.3. The molecule has 3 rings (SSSR count). The summed E-state index contributed by atoms with van der Waals surface area (Å²) in [6, 6.07) is 11.5. The molecule has 0 saturated carbocycles. The predicted octanol–water partition coefficient (Wildman–Crippen LogP) is 4.22. The molecular weight excluding hydrogens is 342 g/mol. The molecule has 0 saturated heterocycles. The van der Waals surface area contributed by atoms with Gasteiger partial charge in [-0.15, -0.1) is 15.0 Å². The lowest BCUT2D eigenvalue weighted by Gasteiger charge is -2.27. The van der Waals surface area contributed by atoms with Gasteiger partial charge < -0.3 is 10.2 Å². The van der Waals surface area contributed by atoms with Crippen molar-refractivity contribution >= 4 is 17.0 Å². The summed E-state index contributed by atoms with van der Waals surface area (Å²) in [5, 5.41) is 28.6. The first-order chi connectivity index (χ1) is 12.8. The molecule has 3 aromatic rings. The van der Waals surface area contributed by atoms with Crippen molar-refractivity contribution in [2.24, 2.45) is 0 Å². The molecule has 0 bridgehead atoms. The van der Waals surface area contributed by atoms with E-state index in [4.69, 9.17) is 5.11 Å². The molecule has 142 valence electrons. The smallest absolute Gasteiger partial charge is 0.303 e. The molecule has 0 spiro atoms. The van der Waals surface area contributed by atoms with E-state index in [1.165, 1.54) is 4.80 Å². The van der Waals surface area contributed by atoms with Crippen LogP contribution >= 0.6 is 0 Å². The van der Waals surface area contributed by atoms with Crippen LogP contribution < -0.4 is 0 Å². The quantitative estimate of drug-likeness (QED) is 0.653. The minimum absolute atomic E-state index is 0.154. The molecule has 0 fully saturated rings. The molecule has 0 atom stereocenters. The summed E-state index contributed by atoms with van der Waals surface area (Å²) in [5.74, 6) is -0.596. The van der Waals surface area contributed by atoms with Gasteiger partial charge in [0.2, 0.25) is 0 Å². The number of phenols is 1. The number of hydrogen-bond acceptors (Lipinski definition) is 4. The van der Waals surface area contributed by atoms with Gasteiger partial charge in [-0.1, -0.05) is 39.0 Å². The number of aryl methyl sites for hydroxylation is 1.